The van der Waals surface area contributed by atoms with Crippen LogP contribution < -0.4 is 14.8 Å². The molecule has 0 aromatic heterocycles. The number of sulfonamides is 1. The van der Waals surface area contributed by atoms with Crippen molar-refractivity contribution in [2.24, 2.45) is 0 Å². The summed E-state index contributed by atoms with van der Waals surface area (Å²) in [5.74, 6) is 0.402. The second kappa shape index (κ2) is 12.9. The van der Waals surface area contributed by atoms with Gasteiger partial charge >= 0.3 is 0 Å². The summed E-state index contributed by atoms with van der Waals surface area (Å²) in [6.45, 7) is 4.68. The van der Waals surface area contributed by atoms with E-state index < -0.39 is 16.1 Å². The van der Waals surface area contributed by atoms with Gasteiger partial charge in [-0.25, -0.2) is 13.1 Å². The van der Waals surface area contributed by atoms with Gasteiger partial charge in [0.1, 0.15) is 11.8 Å². The highest BCUT2D eigenvalue weighted by Gasteiger charge is 2.28. The third-order valence-corrected chi connectivity index (χ3v) is 7.81. The van der Waals surface area contributed by atoms with Crippen LogP contribution in [-0.4, -0.2) is 50.9 Å². The quantitative estimate of drug-likeness (QED) is 0.375. The van der Waals surface area contributed by atoms with Crippen molar-refractivity contribution < 1.29 is 22.7 Å². The lowest BCUT2D eigenvalue weighted by Crippen LogP contribution is -2.47. The van der Waals surface area contributed by atoms with Crippen LogP contribution in [0.1, 0.15) is 57.1 Å². The van der Waals surface area contributed by atoms with Gasteiger partial charge in [-0.3, -0.25) is 9.59 Å². The van der Waals surface area contributed by atoms with Gasteiger partial charge in [-0.1, -0.05) is 37.6 Å². The molecule has 0 aliphatic heterocycles. The molecule has 0 spiro atoms. The van der Waals surface area contributed by atoms with E-state index in [-0.39, 0.29) is 29.2 Å². The van der Waals surface area contributed by atoms with E-state index in [0.29, 0.717) is 19.5 Å². The molecule has 2 N–H and O–H groups in total. The monoisotopic (exact) mass is 515 g/mol. The van der Waals surface area contributed by atoms with Crippen molar-refractivity contribution in [1.82, 2.24) is 14.9 Å². The Labute approximate surface area is 214 Å². The Hall–Kier alpha value is -2.91. The van der Waals surface area contributed by atoms with Gasteiger partial charge in [0.05, 0.1) is 12.0 Å². The highest BCUT2D eigenvalue weighted by atomic mass is 32.2. The maximum Gasteiger partial charge on any atom is 0.242 e. The summed E-state index contributed by atoms with van der Waals surface area (Å²) in [5, 5.41) is 2.92. The molecule has 1 saturated carbocycles. The van der Waals surface area contributed by atoms with E-state index >= 15 is 0 Å². The predicted octanol–water partition coefficient (Wildman–Crippen LogP) is 3.40. The fourth-order valence-corrected chi connectivity index (χ4v) is 5.07. The molecule has 2 aromatic carbocycles. The maximum atomic E-state index is 13.3. The second-order valence-electron chi connectivity index (χ2n) is 9.23. The van der Waals surface area contributed by atoms with Crippen molar-refractivity contribution in [1.29, 1.82) is 0 Å². The highest BCUT2D eigenvalue weighted by Crippen LogP contribution is 2.22. The Morgan fingerprint density at radius 2 is 1.69 bits per heavy atom. The van der Waals surface area contributed by atoms with Crippen molar-refractivity contribution in [2.75, 3.05) is 13.7 Å². The molecule has 3 rings (SSSR count). The number of benzene rings is 2. The topological polar surface area (TPSA) is 105 Å². The van der Waals surface area contributed by atoms with Crippen LogP contribution in [0.25, 0.3) is 0 Å². The molecule has 0 radical (unpaired) electrons. The van der Waals surface area contributed by atoms with Crippen molar-refractivity contribution in [2.45, 2.75) is 75.9 Å². The largest absolute Gasteiger partial charge is 0.497 e. The summed E-state index contributed by atoms with van der Waals surface area (Å²) in [4.78, 5) is 27.9. The molecule has 2 amide bonds. The first-order chi connectivity index (χ1) is 17.2. The van der Waals surface area contributed by atoms with Crippen LogP contribution in [-0.2, 0) is 32.6 Å². The van der Waals surface area contributed by atoms with Crippen LogP contribution in [0, 0.1) is 0 Å². The summed E-state index contributed by atoms with van der Waals surface area (Å²) in [6, 6.07) is 13.5. The van der Waals surface area contributed by atoms with Gasteiger partial charge < -0.3 is 15.0 Å². The highest BCUT2D eigenvalue weighted by molar-refractivity contribution is 7.89. The van der Waals surface area contributed by atoms with E-state index in [1.165, 1.54) is 0 Å². The number of hydrogen-bond acceptors (Lipinski definition) is 5. The Balaban J connectivity index is 1.66. The second-order valence-corrected chi connectivity index (χ2v) is 10.9. The molecule has 1 atom stereocenters. The van der Waals surface area contributed by atoms with Gasteiger partial charge in [-0.2, -0.15) is 0 Å². The van der Waals surface area contributed by atoms with Crippen molar-refractivity contribution in [3.8, 4) is 5.75 Å². The first-order valence-electron chi connectivity index (χ1n) is 12.5. The first kappa shape index (κ1) is 27.7. The zero-order valence-corrected chi connectivity index (χ0v) is 22.1. The number of carbonyl (C=O) groups is 2. The van der Waals surface area contributed by atoms with E-state index in [0.717, 1.165) is 42.6 Å². The lowest BCUT2D eigenvalue weighted by Gasteiger charge is -2.29. The number of aryl methyl sites for hydroxylation is 1. The smallest absolute Gasteiger partial charge is 0.242 e. The molecular formula is C27H37N3O5S. The molecule has 9 heteroatoms. The minimum atomic E-state index is -3.51. The van der Waals surface area contributed by atoms with E-state index in [2.05, 4.69) is 17.0 Å². The van der Waals surface area contributed by atoms with Crippen molar-refractivity contribution in [3.05, 3.63) is 59.7 Å². The van der Waals surface area contributed by atoms with Crippen LogP contribution in [0.15, 0.2) is 53.4 Å². The third-order valence-electron chi connectivity index (χ3n) is 6.27. The number of nitrogens with one attached hydrogen (secondary N) is 2. The molecule has 36 heavy (non-hydrogen) atoms. The number of amides is 2. The summed E-state index contributed by atoms with van der Waals surface area (Å²) in [7, 11) is -1.91. The van der Waals surface area contributed by atoms with Crippen LogP contribution in [0.3, 0.4) is 0 Å². The van der Waals surface area contributed by atoms with Gasteiger partial charge in [0.2, 0.25) is 21.8 Å². The molecule has 1 aliphatic rings. The van der Waals surface area contributed by atoms with E-state index in [4.69, 9.17) is 4.74 Å². The molecule has 8 nitrogen and oxygen atoms in total. The normalized spacial score (nSPS) is 14.2. The Morgan fingerprint density at radius 1 is 1.06 bits per heavy atom. The molecule has 196 valence electrons. The molecule has 1 aliphatic carbocycles. The number of unbranched alkanes of at least 4 members (excludes halogenated alkanes) is 1. The molecule has 2 aromatic rings. The Morgan fingerprint density at radius 3 is 2.28 bits per heavy atom. The Bertz CT molecular complexity index is 1110. The SMILES string of the molecule is CCCCNC(=O)[C@@H](C)N(Cc1ccc(OC)cc1)C(=O)CCc1ccc(S(=O)(=O)NC2CC2)cc1. The zero-order valence-electron chi connectivity index (χ0n) is 21.3. The maximum absolute atomic E-state index is 13.3. The average Bonchev–Trinajstić information content (AvgIpc) is 3.69. The van der Waals surface area contributed by atoms with Crippen LogP contribution in [0.4, 0.5) is 0 Å². The van der Waals surface area contributed by atoms with E-state index in [9.17, 15) is 18.0 Å². The summed E-state index contributed by atoms with van der Waals surface area (Å²) < 4.78 is 32.6. The fraction of sp³-hybridized carbons (Fsp3) is 0.481. The lowest BCUT2D eigenvalue weighted by atomic mass is 10.1. The standard InChI is InChI=1S/C27H37N3O5S/c1-4-5-18-28-27(32)20(2)30(19-22-6-13-24(35-3)14-7-22)26(31)17-10-21-8-15-25(16-9-21)36(33,34)29-23-11-12-23/h6-9,13-16,20,23,29H,4-5,10-12,17-19H2,1-3H3,(H,28,32)/t20-/m1/s1. The third kappa shape index (κ3) is 8.06. The minimum Gasteiger partial charge on any atom is -0.497 e. The number of rotatable bonds is 14. The van der Waals surface area contributed by atoms with Gasteiger partial charge in [0.15, 0.2) is 0 Å². The molecule has 0 unspecified atom stereocenters. The summed E-state index contributed by atoms with van der Waals surface area (Å²) in [6.07, 6.45) is 4.25. The predicted molar refractivity (Wildman–Crippen MR) is 139 cm³/mol. The number of ether oxygens (including phenoxy) is 1. The van der Waals surface area contributed by atoms with Crippen LogP contribution in [0.2, 0.25) is 0 Å². The number of nitrogens with zero attached hydrogens (tertiary/aromatic N) is 1. The summed E-state index contributed by atoms with van der Waals surface area (Å²) in [5.41, 5.74) is 1.76. The molecule has 0 saturated heterocycles. The average molecular weight is 516 g/mol. The fourth-order valence-electron chi connectivity index (χ4n) is 3.77. The first-order valence-corrected chi connectivity index (χ1v) is 14.0. The molecule has 0 heterocycles. The van der Waals surface area contributed by atoms with Gasteiger partial charge in [-0.05, 0) is 68.0 Å². The van der Waals surface area contributed by atoms with Gasteiger partial charge in [0.25, 0.3) is 0 Å². The zero-order chi connectivity index (χ0) is 26.1. The molecular weight excluding hydrogens is 478 g/mol. The number of carbonyl (C=O) groups excluding carboxylic acids is 2. The van der Waals surface area contributed by atoms with Crippen molar-refractivity contribution in [3.63, 3.8) is 0 Å². The number of hydrogen-bond donors (Lipinski definition) is 2. The Kier molecular flexibility index (Phi) is 9.89. The van der Waals surface area contributed by atoms with E-state index in [1.807, 2.05) is 24.3 Å². The van der Waals surface area contributed by atoms with Gasteiger partial charge in [0, 0.05) is 25.6 Å². The summed E-state index contributed by atoms with van der Waals surface area (Å²) >= 11 is 0. The van der Waals surface area contributed by atoms with Crippen LogP contribution >= 0.6 is 0 Å². The molecule has 1 fully saturated rings. The van der Waals surface area contributed by atoms with Crippen molar-refractivity contribution >= 4 is 21.8 Å². The lowest BCUT2D eigenvalue weighted by molar-refractivity contribution is -0.140. The number of methoxy groups -OCH3 is 1. The van der Waals surface area contributed by atoms with E-state index in [1.54, 1.807) is 43.2 Å². The minimum absolute atomic E-state index is 0.0464. The van der Waals surface area contributed by atoms with Crippen LogP contribution in [0.5, 0.6) is 5.75 Å². The van der Waals surface area contributed by atoms with Gasteiger partial charge in [-0.15, -0.1) is 0 Å². The molecule has 0 bridgehead atoms.